The maximum atomic E-state index is 14.3. The lowest BCUT2D eigenvalue weighted by molar-refractivity contribution is -0.145. The van der Waals surface area contributed by atoms with Crippen LogP contribution in [0, 0.1) is 35.0 Å². The molecule has 1 saturated heterocycles. The van der Waals surface area contributed by atoms with Gasteiger partial charge in [-0.15, -0.1) is 12.3 Å². The van der Waals surface area contributed by atoms with E-state index < -0.39 is 41.1 Å². The number of nitrogens with zero attached hydrogens (tertiary/aromatic N) is 1. The molecule has 246 valence electrons. The number of hydrogen-bond acceptors (Lipinski definition) is 5. The molecule has 3 rings (SSSR count). The van der Waals surface area contributed by atoms with E-state index in [1.54, 1.807) is 4.90 Å². The Balaban J connectivity index is 1.82. The third-order valence-electron chi connectivity index (χ3n) is 10.0. The number of nitrogens with one attached hydrogen (secondary N) is 4. The quantitative estimate of drug-likeness (QED) is 0.186. The van der Waals surface area contributed by atoms with Crippen LogP contribution in [0.25, 0.3) is 0 Å². The predicted molar refractivity (Wildman–Crippen MR) is 170 cm³/mol. The summed E-state index contributed by atoms with van der Waals surface area (Å²) in [6.07, 6.45) is 13.4. The summed E-state index contributed by atoms with van der Waals surface area (Å²) in [5.74, 6) is 0.172. The van der Waals surface area contributed by atoms with Gasteiger partial charge in [0, 0.05) is 25.0 Å². The first kappa shape index (κ1) is 35.4. The van der Waals surface area contributed by atoms with Crippen LogP contribution in [0.2, 0.25) is 0 Å². The van der Waals surface area contributed by atoms with Gasteiger partial charge in [-0.1, -0.05) is 74.1 Å². The fraction of sp³-hybridized carbons (Fsp3) is 0.794. The molecule has 0 bridgehead atoms. The van der Waals surface area contributed by atoms with Gasteiger partial charge in [-0.3, -0.25) is 19.2 Å². The first-order valence-electron chi connectivity index (χ1n) is 16.6. The van der Waals surface area contributed by atoms with Crippen molar-refractivity contribution in [2.24, 2.45) is 22.7 Å². The number of rotatable bonds is 13. The molecule has 1 heterocycles. The largest absolute Gasteiger partial charge is 0.349 e. The van der Waals surface area contributed by atoms with Crippen molar-refractivity contribution < 1.29 is 24.0 Å². The van der Waals surface area contributed by atoms with Gasteiger partial charge in [-0.25, -0.2) is 4.79 Å². The van der Waals surface area contributed by atoms with Crippen LogP contribution in [0.1, 0.15) is 113 Å². The Morgan fingerprint density at radius 2 is 1.66 bits per heavy atom. The molecule has 0 aromatic heterocycles. The molecule has 2 aliphatic carbocycles. The second-order valence-corrected chi connectivity index (χ2v) is 14.8. The minimum absolute atomic E-state index is 0.103. The number of amides is 5. The Morgan fingerprint density at radius 1 is 1.00 bits per heavy atom. The first-order chi connectivity index (χ1) is 20.6. The summed E-state index contributed by atoms with van der Waals surface area (Å²) in [6, 6.07) is -3.17. The Bertz CT molecular complexity index is 1120. The van der Waals surface area contributed by atoms with E-state index in [2.05, 4.69) is 48.0 Å². The van der Waals surface area contributed by atoms with Crippen molar-refractivity contribution in [1.29, 1.82) is 0 Å². The van der Waals surface area contributed by atoms with Crippen LogP contribution in [-0.2, 0) is 19.2 Å². The van der Waals surface area contributed by atoms with E-state index in [-0.39, 0.29) is 47.6 Å². The monoisotopic (exact) mass is 613 g/mol. The van der Waals surface area contributed by atoms with Gasteiger partial charge in [0.15, 0.2) is 0 Å². The molecule has 10 nitrogen and oxygen atoms in total. The lowest BCUT2D eigenvalue weighted by atomic mass is 9.78. The molecular formula is C34H55N5O5. The van der Waals surface area contributed by atoms with Gasteiger partial charge in [0.05, 0.1) is 6.04 Å². The number of terminal acetylenes is 1. The third-order valence-corrected chi connectivity index (χ3v) is 10.0. The molecule has 3 fully saturated rings. The van der Waals surface area contributed by atoms with E-state index in [1.165, 1.54) is 0 Å². The summed E-state index contributed by atoms with van der Waals surface area (Å²) < 4.78 is 0. The molecule has 44 heavy (non-hydrogen) atoms. The molecule has 5 atom stereocenters. The smallest absolute Gasteiger partial charge is 0.315 e. The fourth-order valence-corrected chi connectivity index (χ4v) is 7.42. The number of hydrogen-bond donors (Lipinski definition) is 4. The predicted octanol–water partition coefficient (Wildman–Crippen LogP) is 3.68. The standard InChI is InChI=1S/C34H55N5O5/c1-9-12-16-23(26(40)29(42)35-20-11-3)36-28(41)25-24-22(33(24,7)8)21-39(25)30(43)27(32(4,5)6)37-31(44)38-34(17-10-2)18-14-13-15-19-34/h1,22-25,27H,10-21H2,2-8H3,(H,35,42)(H,36,41)(H2,37,38,44)/t22?,23?,24-,25-,27+/m0/s1. The number of carbonyl (C=O) groups is 5. The zero-order chi connectivity index (χ0) is 32.9. The van der Waals surface area contributed by atoms with Gasteiger partial charge >= 0.3 is 6.03 Å². The summed E-state index contributed by atoms with van der Waals surface area (Å²) in [7, 11) is 0. The average Bonchev–Trinajstić information content (AvgIpc) is 3.28. The zero-order valence-electron chi connectivity index (χ0n) is 27.9. The highest BCUT2D eigenvalue weighted by Gasteiger charge is 2.70. The average molecular weight is 614 g/mol. The summed E-state index contributed by atoms with van der Waals surface area (Å²) >= 11 is 0. The van der Waals surface area contributed by atoms with E-state index in [9.17, 15) is 24.0 Å². The van der Waals surface area contributed by atoms with Crippen molar-refractivity contribution >= 4 is 29.5 Å². The van der Waals surface area contributed by atoms with Crippen LogP contribution >= 0.6 is 0 Å². The number of fused-ring (bicyclic) bond motifs is 1. The minimum Gasteiger partial charge on any atom is -0.349 e. The zero-order valence-corrected chi connectivity index (χ0v) is 27.9. The lowest BCUT2D eigenvalue weighted by Crippen LogP contribution is -2.63. The maximum Gasteiger partial charge on any atom is 0.315 e. The van der Waals surface area contributed by atoms with Crippen molar-refractivity contribution in [2.75, 3.05) is 13.1 Å². The molecule has 0 aromatic rings. The summed E-state index contributed by atoms with van der Waals surface area (Å²) in [4.78, 5) is 68.7. The summed E-state index contributed by atoms with van der Waals surface area (Å²) in [6.45, 7) is 14.6. The van der Waals surface area contributed by atoms with Gasteiger partial charge in [0.25, 0.3) is 5.91 Å². The molecule has 3 aliphatic rings. The topological polar surface area (TPSA) is 137 Å². The van der Waals surface area contributed by atoms with Crippen LogP contribution in [-0.4, -0.2) is 71.2 Å². The Hall–Kier alpha value is -3.09. The Morgan fingerprint density at radius 3 is 2.23 bits per heavy atom. The molecule has 1 aliphatic heterocycles. The van der Waals surface area contributed by atoms with Crippen LogP contribution in [0.3, 0.4) is 0 Å². The van der Waals surface area contributed by atoms with Gasteiger partial charge in [0.2, 0.25) is 17.6 Å². The molecule has 4 N–H and O–H groups in total. The van der Waals surface area contributed by atoms with Gasteiger partial charge < -0.3 is 26.2 Å². The van der Waals surface area contributed by atoms with Gasteiger partial charge in [-0.05, 0) is 54.8 Å². The number of ketones is 1. The highest BCUT2D eigenvalue weighted by molar-refractivity contribution is 6.38. The van der Waals surface area contributed by atoms with E-state index in [0.29, 0.717) is 19.5 Å². The van der Waals surface area contributed by atoms with Crippen molar-refractivity contribution in [2.45, 2.75) is 136 Å². The van der Waals surface area contributed by atoms with E-state index in [1.807, 2.05) is 27.7 Å². The van der Waals surface area contributed by atoms with Crippen LogP contribution < -0.4 is 21.3 Å². The summed E-state index contributed by atoms with van der Waals surface area (Å²) in [5, 5.41) is 11.6. The molecule has 2 saturated carbocycles. The number of urea groups is 1. The first-order valence-corrected chi connectivity index (χ1v) is 16.6. The van der Waals surface area contributed by atoms with Crippen molar-refractivity contribution in [3.05, 3.63) is 0 Å². The molecule has 0 spiro atoms. The minimum atomic E-state index is -1.10. The maximum absolute atomic E-state index is 14.3. The molecule has 0 aromatic carbocycles. The molecular weight excluding hydrogens is 558 g/mol. The fourth-order valence-electron chi connectivity index (χ4n) is 7.42. The van der Waals surface area contributed by atoms with Crippen molar-refractivity contribution in [3.8, 4) is 12.3 Å². The van der Waals surface area contributed by atoms with Crippen LogP contribution in [0.15, 0.2) is 0 Å². The number of piperidine rings is 1. The van der Waals surface area contributed by atoms with Crippen LogP contribution in [0.5, 0.6) is 0 Å². The Labute approximate surface area is 264 Å². The highest BCUT2D eigenvalue weighted by atomic mass is 16.2. The molecule has 2 unspecified atom stereocenters. The normalized spacial score (nSPS) is 24.6. The van der Waals surface area contributed by atoms with E-state index in [4.69, 9.17) is 6.42 Å². The molecule has 5 amide bonds. The van der Waals surface area contributed by atoms with Gasteiger partial charge in [0.1, 0.15) is 12.1 Å². The second-order valence-electron chi connectivity index (χ2n) is 14.8. The number of carbonyl (C=O) groups excluding carboxylic acids is 5. The molecule has 10 heteroatoms. The highest BCUT2D eigenvalue weighted by Crippen LogP contribution is 2.65. The van der Waals surface area contributed by atoms with Crippen LogP contribution in [0.4, 0.5) is 4.79 Å². The van der Waals surface area contributed by atoms with E-state index in [0.717, 1.165) is 44.9 Å². The van der Waals surface area contributed by atoms with Crippen molar-refractivity contribution in [1.82, 2.24) is 26.2 Å². The third kappa shape index (κ3) is 7.94. The number of likely N-dealkylation sites (tertiary alicyclic amines) is 1. The lowest BCUT2D eigenvalue weighted by Gasteiger charge is -2.41. The Kier molecular flexibility index (Phi) is 11.5. The summed E-state index contributed by atoms with van der Waals surface area (Å²) in [5.41, 5.74) is -1.07. The molecule has 0 radical (unpaired) electrons. The number of Topliss-reactive ketones (excluding diaryl/α,β-unsaturated/α-hetero) is 1. The second kappa shape index (κ2) is 14.3. The van der Waals surface area contributed by atoms with Gasteiger partial charge in [-0.2, -0.15) is 0 Å². The van der Waals surface area contributed by atoms with Crippen molar-refractivity contribution in [3.63, 3.8) is 0 Å². The SMILES string of the molecule is C#CCCC(NC(=O)[C@@H]1[C@@H]2C(CN1C(=O)[C@@H](NC(=O)NC1(CCC)CCCCC1)C(C)(C)C)C2(C)C)C(=O)C(=O)NCCC. The van der Waals surface area contributed by atoms with E-state index >= 15 is 0 Å².